The minimum Gasteiger partial charge on any atom is -0.380 e. The van der Waals surface area contributed by atoms with E-state index in [4.69, 9.17) is 10.5 Å². The first-order valence-corrected chi connectivity index (χ1v) is 5.73. The zero-order valence-electron chi connectivity index (χ0n) is 11.0. The average molecular weight is 252 g/mol. The van der Waals surface area contributed by atoms with E-state index in [1.165, 1.54) is 7.11 Å². The predicted octanol–water partition coefficient (Wildman–Crippen LogP) is 0.450. The highest BCUT2D eigenvalue weighted by atomic mass is 16.5. The Hall–Kier alpha value is -1.66. The number of methoxy groups -OCH3 is 1. The highest BCUT2D eigenvalue weighted by molar-refractivity contribution is 5.90. The van der Waals surface area contributed by atoms with E-state index in [1.54, 1.807) is 12.3 Å². The van der Waals surface area contributed by atoms with Crippen LogP contribution in [0.3, 0.4) is 0 Å². The van der Waals surface area contributed by atoms with Gasteiger partial charge in [-0.15, -0.1) is 0 Å². The Morgan fingerprint density at radius 1 is 1.56 bits per heavy atom. The summed E-state index contributed by atoms with van der Waals surface area (Å²) in [5, 5.41) is 2.70. The molecule has 0 aromatic carbocycles. The molecule has 3 N–H and O–H groups in total. The Bertz CT molecular complexity index is 374. The van der Waals surface area contributed by atoms with Crippen molar-refractivity contribution in [3.63, 3.8) is 0 Å². The van der Waals surface area contributed by atoms with Crippen LogP contribution in [0.2, 0.25) is 0 Å². The quantitative estimate of drug-likeness (QED) is 0.768. The summed E-state index contributed by atoms with van der Waals surface area (Å²) in [7, 11) is 5.40. The third-order valence-corrected chi connectivity index (χ3v) is 2.54. The summed E-state index contributed by atoms with van der Waals surface area (Å²) in [4.78, 5) is 17.8. The van der Waals surface area contributed by atoms with Gasteiger partial charge in [-0.3, -0.25) is 4.79 Å². The smallest absolute Gasteiger partial charge is 0.228 e. The van der Waals surface area contributed by atoms with Crippen molar-refractivity contribution in [3.8, 4) is 0 Å². The fourth-order valence-electron chi connectivity index (χ4n) is 1.39. The Labute approximate surface area is 107 Å². The minimum absolute atomic E-state index is 0.155. The number of carbonyl (C=O) groups is 1. The number of ether oxygens (including phenoxy) is 1. The Kier molecular flexibility index (Phi) is 5.54. The summed E-state index contributed by atoms with van der Waals surface area (Å²) in [6, 6.07) is 3.65. The van der Waals surface area contributed by atoms with Gasteiger partial charge in [0.25, 0.3) is 0 Å². The molecule has 18 heavy (non-hydrogen) atoms. The third kappa shape index (κ3) is 4.31. The van der Waals surface area contributed by atoms with Crippen molar-refractivity contribution < 1.29 is 9.53 Å². The van der Waals surface area contributed by atoms with Crippen LogP contribution in [0.25, 0.3) is 0 Å². The van der Waals surface area contributed by atoms with E-state index in [1.807, 2.05) is 25.1 Å². The van der Waals surface area contributed by atoms with E-state index in [0.717, 1.165) is 5.69 Å². The number of pyridine rings is 1. The molecule has 0 fully saturated rings. The third-order valence-electron chi connectivity index (χ3n) is 2.54. The topological polar surface area (TPSA) is 80.5 Å². The van der Waals surface area contributed by atoms with Crippen LogP contribution in [0.4, 0.5) is 11.5 Å². The molecule has 100 valence electrons. The van der Waals surface area contributed by atoms with Gasteiger partial charge in [-0.05, 0) is 12.1 Å². The SMILES string of the molecule is COC(CN)CC(=O)Nc1ccc(N(C)C)cn1. The molecule has 0 bridgehead atoms. The lowest BCUT2D eigenvalue weighted by molar-refractivity contribution is -0.118. The number of hydrogen-bond acceptors (Lipinski definition) is 5. The summed E-state index contributed by atoms with van der Waals surface area (Å²) in [6.07, 6.45) is 1.67. The van der Waals surface area contributed by atoms with Gasteiger partial charge in [0.2, 0.25) is 5.91 Å². The fraction of sp³-hybridized carbons (Fsp3) is 0.500. The van der Waals surface area contributed by atoms with Crippen molar-refractivity contribution in [2.45, 2.75) is 12.5 Å². The van der Waals surface area contributed by atoms with E-state index in [-0.39, 0.29) is 18.4 Å². The second-order valence-electron chi connectivity index (χ2n) is 4.14. The first kappa shape index (κ1) is 14.4. The number of nitrogens with two attached hydrogens (primary N) is 1. The number of nitrogens with one attached hydrogen (secondary N) is 1. The van der Waals surface area contributed by atoms with Gasteiger partial charge < -0.3 is 20.7 Å². The molecule has 1 heterocycles. The number of rotatable bonds is 6. The molecule has 0 saturated heterocycles. The van der Waals surface area contributed by atoms with Crippen molar-refractivity contribution in [2.24, 2.45) is 5.73 Å². The van der Waals surface area contributed by atoms with Gasteiger partial charge in [-0.1, -0.05) is 0 Å². The van der Waals surface area contributed by atoms with Crippen LogP contribution in [0.1, 0.15) is 6.42 Å². The lowest BCUT2D eigenvalue weighted by Crippen LogP contribution is -2.28. The zero-order chi connectivity index (χ0) is 13.5. The Morgan fingerprint density at radius 2 is 2.28 bits per heavy atom. The molecular weight excluding hydrogens is 232 g/mol. The number of nitrogens with zero attached hydrogens (tertiary/aromatic N) is 2. The average Bonchev–Trinajstić information content (AvgIpc) is 2.36. The van der Waals surface area contributed by atoms with Crippen molar-refractivity contribution >= 4 is 17.4 Å². The number of anilines is 2. The molecule has 6 heteroatoms. The molecule has 1 amide bonds. The lowest BCUT2D eigenvalue weighted by atomic mass is 10.2. The molecule has 1 rings (SSSR count). The number of aromatic nitrogens is 1. The zero-order valence-corrected chi connectivity index (χ0v) is 11.0. The maximum absolute atomic E-state index is 11.7. The van der Waals surface area contributed by atoms with Crippen LogP contribution in [-0.4, -0.2) is 44.7 Å². The molecule has 0 aliphatic heterocycles. The maximum atomic E-state index is 11.7. The van der Waals surface area contributed by atoms with Gasteiger partial charge in [-0.25, -0.2) is 4.98 Å². The largest absolute Gasteiger partial charge is 0.380 e. The normalized spacial score (nSPS) is 12.0. The van der Waals surface area contributed by atoms with Gasteiger partial charge in [0, 0.05) is 27.7 Å². The van der Waals surface area contributed by atoms with Crippen molar-refractivity contribution in [1.82, 2.24) is 4.98 Å². The first-order valence-electron chi connectivity index (χ1n) is 5.73. The lowest BCUT2D eigenvalue weighted by Gasteiger charge is -2.14. The molecule has 1 aromatic rings. The van der Waals surface area contributed by atoms with Crippen LogP contribution >= 0.6 is 0 Å². The Morgan fingerprint density at radius 3 is 2.72 bits per heavy atom. The van der Waals surface area contributed by atoms with E-state index in [9.17, 15) is 4.79 Å². The second-order valence-corrected chi connectivity index (χ2v) is 4.14. The predicted molar refractivity (Wildman–Crippen MR) is 71.7 cm³/mol. The standard InChI is InChI=1S/C12H20N4O2/c1-16(2)9-4-5-11(14-8-9)15-12(17)6-10(7-13)18-3/h4-5,8,10H,6-7,13H2,1-3H3,(H,14,15,17). The number of hydrogen-bond donors (Lipinski definition) is 2. The van der Waals surface area contributed by atoms with E-state index in [2.05, 4.69) is 10.3 Å². The summed E-state index contributed by atoms with van der Waals surface area (Å²) >= 11 is 0. The van der Waals surface area contributed by atoms with Crippen LogP contribution in [0, 0.1) is 0 Å². The van der Waals surface area contributed by atoms with Crippen molar-refractivity contribution in [2.75, 3.05) is 38.0 Å². The molecule has 1 aromatic heterocycles. The molecule has 1 unspecified atom stereocenters. The summed E-state index contributed by atoms with van der Waals surface area (Å²) in [5.74, 6) is 0.370. The molecule has 6 nitrogen and oxygen atoms in total. The highest BCUT2D eigenvalue weighted by Crippen LogP contribution is 2.12. The number of amides is 1. The van der Waals surface area contributed by atoms with Crippen molar-refractivity contribution in [3.05, 3.63) is 18.3 Å². The van der Waals surface area contributed by atoms with Crippen LogP contribution in [0.15, 0.2) is 18.3 Å². The van der Waals surface area contributed by atoms with Gasteiger partial charge >= 0.3 is 0 Å². The van der Waals surface area contributed by atoms with Gasteiger partial charge in [-0.2, -0.15) is 0 Å². The molecular formula is C12H20N4O2. The second kappa shape index (κ2) is 6.93. The minimum atomic E-state index is -0.258. The van der Waals surface area contributed by atoms with E-state index >= 15 is 0 Å². The monoisotopic (exact) mass is 252 g/mol. The van der Waals surface area contributed by atoms with E-state index in [0.29, 0.717) is 12.4 Å². The molecule has 0 saturated carbocycles. The van der Waals surface area contributed by atoms with Gasteiger partial charge in [0.05, 0.1) is 24.4 Å². The highest BCUT2D eigenvalue weighted by Gasteiger charge is 2.11. The summed E-state index contributed by atoms with van der Waals surface area (Å²) in [6.45, 7) is 0.316. The molecule has 0 radical (unpaired) electrons. The number of carbonyl (C=O) groups excluding carboxylic acids is 1. The van der Waals surface area contributed by atoms with Crippen LogP contribution in [0.5, 0.6) is 0 Å². The molecule has 0 aliphatic carbocycles. The van der Waals surface area contributed by atoms with Crippen LogP contribution < -0.4 is 16.0 Å². The maximum Gasteiger partial charge on any atom is 0.228 e. The van der Waals surface area contributed by atoms with Gasteiger partial charge in [0.15, 0.2) is 0 Å². The Balaban J connectivity index is 2.54. The molecule has 0 aliphatic rings. The molecule has 0 spiro atoms. The summed E-state index contributed by atoms with van der Waals surface area (Å²) < 4.78 is 5.05. The summed E-state index contributed by atoms with van der Waals surface area (Å²) in [5.41, 5.74) is 6.43. The van der Waals surface area contributed by atoms with E-state index < -0.39 is 0 Å². The molecule has 1 atom stereocenters. The van der Waals surface area contributed by atoms with Crippen LogP contribution in [-0.2, 0) is 9.53 Å². The first-order chi connectivity index (χ1) is 8.56. The fourth-order valence-corrected chi connectivity index (χ4v) is 1.39. The van der Waals surface area contributed by atoms with Crippen molar-refractivity contribution in [1.29, 1.82) is 0 Å². The van der Waals surface area contributed by atoms with Gasteiger partial charge in [0.1, 0.15) is 5.82 Å².